The van der Waals surface area contributed by atoms with E-state index in [2.05, 4.69) is 57.7 Å². The van der Waals surface area contributed by atoms with Gasteiger partial charge in [0.05, 0.1) is 6.26 Å². The van der Waals surface area contributed by atoms with Crippen LogP contribution in [0.15, 0.2) is 70.3 Å². The van der Waals surface area contributed by atoms with Crippen LogP contribution in [0.25, 0.3) is 10.8 Å². The minimum absolute atomic E-state index is 0.0521. The van der Waals surface area contributed by atoms with Crippen molar-refractivity contribution in [3.05, 3.63) is 72.2 Å². The third-order valence-corrected chi connectivity index (χ3v) is 5.07. The van der Waals surface area contributed by atoms with Crippen LogP contribution in [-0.2, 0) is 6.54 Å². The molecule has 6 heteroatoms. The first-order chi connectivity index (χ1) is 13.7. The number of carbonyl (C=O) groups excluding carboxylic acids is 1. The number of hydrogen-bond donors (Lipinski definition) is 1. The van der Waals surface area contributed by atoms with Gasteiger partial charge in [0, 0.05) is 39.8 Å². The van der Waals surface area contributed by atoms with Crippen molar-refractivity contribution < 1.29 is 9.21 Å². The highest BCUT2D eigenvalue weighted by Crippen LogP contribution is 2.16. The van der Waals surface area contributed by atoms with Crippen molar-refractivity contribution in [2.45, 2.75) is 6.54 Å². The number of benzene rings is 2. The lowest BCUT2D eigenvalue weighted by Gasteiger charge is -2.36. The van der Waals surface area contributed by atoms with E-state index in [0.29, 0.717) is 25.4 Å². The second kappa shape index (κ2) is 8.17. The maximum absolute atomic E-state index is 12.4. The Bertz CT molecular complexity index is 973. The number of hydrogen-bond acceptors (Lipinski definition) is 3. The van der Waals surface area contributed by atoms with Gasteiger partial charge in [-0.15, -0.1) is 0 Å². The molecule has 1 saturated heterocycles. The number of nitrogens with zero attached hydrogens (tertiary/aromatic N) is 3. The lowest BCUT2D eigenvalue weighted by atomic mass is 10.1. The molecule has 1 aromatic heterocycles. The molecule has 0 saturated carbocycles. The van der Waals surface area contributed by atoms with Gasteiger partial charge in [0.15, 0.2) is 11.7 Å². The molecule has 0 atom stereocenters. The molecule has 2 heterocycles. The molecule has 6 nitrogen and oxygen atoms in total. The number of fused-ring (bicyclic) bond motifs is 1. The zero-order valence-corrected chi connectivity index (χ0v) is 16.0. The largest absolute Gasteiger partial charge is 0.459 e. The average Bonchev–Trinajstić information content (AvgIpc) is 3.29. The summed E-state index contributed by atoms with van der Waals surface area (Å²) < 4.78 is 5.22. The van der Waals surface area contributed by atoms with Gasteiger partial charge in [-0.25, -0.2) is 0 Å². The highest BCUT2D eigenvalue weighted by atomic mass is 16.3. The number of piperazine rings is 1. The second-order valence-electron chi connectivity index (χ2n) is 6.84. The summed E-state index contributed by atoms with van der Waals surface area (Å²) in [5.74, 6) is 1.20. The summed E-state index contributed by atoms with van der Waals surface area (Å²) in [6, 6.07) is 18.3. The molecule has 0 spiro atoms. The third kappa shape index (κ3) is 3.86. The molecule has 0 bridgehead atoms. The Balaban J connectivity index is 1.34. The van der Waals surface area contributed by atoms with E-state index >= 15 is 0 Å². The predicted molar refractivity (Wildman–Crippen MR) is 110 cm³/mol. The van der Waals surface area contributed by atoms with Gasteiger partial charge in [-0.05, 0) is 34.5 Å². The molecule has 4 rings (SSSR count). The van der Waals surface area contributed by atoms with E-state index < -0.39 is 0 Å². The van der Waals surface area contributed by atoms with Gasteiger partial charge in [0.25, 0.3) is 5.91 Å². The maximum atomic E-state index is 12.4. The number of nitrogens with one attached hydrogen (secondary N) is 1. The topological polar surface area (TPSA) is 61.1 Å². The van der Waals surface area contributed by atoms with Crippen LogP contribution in [0.4, 0.5) is 0 Å². The Labute approximate surface area is 164 Å². The van der Waals surface area contributed by atoms with Crippen LogP contribution < -0.4 is 5.32 Å². The highest BCUT2D eigenvalue weighted by Gasteiger charge is 2.25. The smallest absolute Gasteiger partial charge is 0.289 e. The van der Waals surface area contributed by atoms with Gasteiger partial charge in [-0.3, -0.25) is 9.79 Å². The fraction of sp³-hybridized carbons (Fsp3) is 0.273. The summed E-state index contributed by atoms with van der Waals surface area (Å²) in [5, 5.41) is 5.93. The van der Waals surface area contributed by atoms with Gasteiger partial charge in [0.1, 0.15) is 0 Å². The van der Waals surface area contributed by atoms with Crippen molar-refractivity contribution in [3.8, 4) is 0 Å². The molecule has 1 N–H and O–H groups in total. The molecule has 0 unspecified atom stereocenters. The minimum Gasteiger partial charge on any atom is -0.459 e. The number of carbonyl (C=O) groups is 1. The van der Waals surface area contributed by atoms with Crippen molar-refractivity contribution in [2.24, 2.45) is 4.99 Å². The van der Waals surface area contributed by atoms with Gasteiger partial charge in [0.2, 0.25) is 0 Å². The van der Waals surface area contributed by atoms with Crippen molar-refractivity contribution in [2.75, 3.05) is 33.2 Å². The molecule has 3 aromatic rings. The first-order valence-corrected chi connectivity index (χ1v) is 9.50. The number of aliphatic imine (C=N–C) groups is 1. The lowest BCUT2D eigenvalue weighted by Crippen LogP contribution is -2.53. The number of furan rings is 1. The zero-order chi connectivity index (χ0) is 19.3. The van der Waals surface area contributed by atoms with E-state index in [1.807, 2.05) is 4.90 Å². The third-order valence-electron chi connectivity index (χ3n) is 5.07. The summed E-state index contributed by atoms with van der Waals surface area (Å²) in [6.07, 6.45) is 1.53. The average molecular weight is 376 g/mol. The van der Waals surface area contributed by atoms with Crippen LogP contribution in [0.5, 0.6) is 0 Å². The van der Waals surface area contributed by atoms with Gasteiger partial charge in [-0.1, -0.05) is 36.4 Å². The lowest BCUT2D eigenvalue weighted by molar-refractivity contribution is 0.0657. The van der Waals surface area contributed by atoms with Crippen LogP contribution in [0.3, 0.4) is 0 Å². The van der Waals surface area contributed by atoms with E-state index in [-0.39, 0.29) is 5.91 Å². The van der Waals surface area contributed by atoms with E-state index in [4.69, 9.17) is 4.42 Å². The molecule has 1 amide bonds. The molecular formula is C22H24N4O2. The molecule has 0 aliphatic carbocycles. The van der Waals surface area contributed by atoms with Gasteiger partial charge < -0.3 is 19.5 Å². The predicted octanol–water partition coefficient (Wildman–Crippen LogP) is 2.97. The Kier molecular flexibility index (Phi) is 5.28. The Morgan fingerprint density at radius 1 is 1.00 bits per heavy atom. The number of guanidine groups is 1. The maximum Gasteiger partial charge on any atom is 0.289 e. The summed E-state index contributed by atoms with van der Waals surface area (Å²) in [6.45, 7) is 3.49. The Morgan fingerprint density at radius 2 is 1.75 bits per heavy atom. The summed E-state index contributed by atoms with van der Waals surface area (Å²) in [5.41, 5.74) is 1.21. The van der Waals surface area contributed by atoms with Crippen LogP contribution in [0, 0.1) is 0 Å². The van der Waals surface area contributed by atoms with Crippen molar-refractivity contribution in [1.82, 2.24) is 15.1 Å². The minimum atomic E-state index is -0.0521. The zero-order valence-electron chi connectivity index (χ0n) is 16.0. The number of amides is 1. The summed E-state index contributed by atoms with van der Waals surface area (Å²) in [4.78, 5) is 20.8. The molecular weight excluding hydrogens is 352 g/mol. The molecule has 0 radical (unpaired) electrons. The normalized spacial score (nSPS) is 15.1. The Morgan fingerprint density at radius 3 is 2.46 bits per heavy atom. The van der Waals surface area contributed by atoms with Gasteiger partial charge in [-0.2, -0.15) is 0 Å². The van der Waals surface area contributed by atoms with Crippen molar-refractivity contribution in [1.29, 1.82) is 0 Å². The quantitative estimate of drug-likeness (QED) is 0.564. The first-order valence-electron chi connectivity index (χ1n) is 9.50. The molecule has 1 aliphatic rings. The fourth-order valence-electron chi connectivity index (χ4n) is 3.54. The fourth-order valence-corrected chi connectivity index (χ4v) is 3.54. The number of rotatable bonds is 3. The molecule has 28 heavy (non-hydrogen) atoms. The first kappa shape index (κ1) is 18.1. The van der Waals surface area contributed by atoms with Crippen LogP contribution in [0.2, 0.25) is 0 Å². The molecule has 144 valence electrons. The molecule has 1 fully saturated rings. The van der Waals surface area contributed by atoms with E-state index in [9.17, 15) is 4.79 Å². The van der Waals surface area contributed by atoms with E-state index in [0.717, 1.165) is 19.0 Å². The van der Waals surface area contributed by atoms with Crippen LogP contribution in [0.1, 0.15) is 16.1 Å². The standard InChI is InChI=1S/C22H24N4O2/c1-23-22(24-16-17-8-9-18-5-2-3-6-19(18)15-17)26-12-10-25(11-13-26)21(27)20-7-4-14-28-20/h2-9,14-15H,10-13,16H2,1H3,(H,23,24). The molecule has 1 aliphatic heterocycles. The SMILES string of the molecule is CN=C(NCc1ccc2ccccc2c1)N1CCN(C(=O)c2ccco2)CC1. The van der Waals surface area contributed by atoms with Crippen molar-refractivity contribution in [3.63, 3.8) is 0 Å². The summed E-state index contributed by atoms with van der Waals surface area (Å²) in [7, 11) is 1.79. The Hall–Kier alpha value is -3.28. The van der Waals surface area contributed by atoms with Crippen LogP contribution in [-0.4, -0.2) is 54.9 Å². The highest BCUT2D eigenvalue weighted by molar-refractivity contribution is 5.91. The second-order valence-corrected chi connectivity index (χ2v) is 6.84. The monoisotopic (exact) mass is 376 g/mol. The molecule has 2 aromatic carbocycles. The van der Waals surface area contributed by atoms with E-state index in [1.54, 1.807) is 19.2 Å². The van der Waals surface area contributed by atoms with Crippen LogP contribution >= 0.6 is 0 Å². The van der Waals surface area contributed by atoms with Gasteiger partial charge >= 0.3 is 0 Å². The van der Waals surface area contributed by atoms with Crippen molar-refractivity contribution >= 4 is 22.6 Å². The summed E-state index contributed by atoms with van der Waals surface area (Å²) >= 11 is 0. The van der Waals surface area contributed by atoms with E-state index in [1.165, 1.54) is 22.6 Å².